The fraction of sp³-hybridized carbons (Fsp3) is 0.333. The Bertz CT molecular complexity index is 474. The second kappa shape index (κ2) is 9.90. The van der Waals surface area contributed by atoms with Gasteiger partial charge in [0.1, 0.15) is 0 Å². The maximum Gasteiger partial charge on any atom is 0.251 e. The molecule has 0 heterocycles. The van der Waals surface area contributed by atoms with Gasteiger partial charge < -0.3 is 20.7 Å². The molecule has 114 valence electrons. The molecule has 1 aromatic rings. The molecule has 0 fully saturated rings. The summed E-state index contributed by atoms with van der Waals surface area (Å²) < 4.78 is 4.93. The first kappa shape index (κ1) is 17.1. The van der Waals surface area contributed by atoms with E-state index in [0.29, 0.717) is 30.4 Å². The summed E-state index contributed by atoms with van der Waals surface area (Å²) in [5, 5.41) is 9.35. The van der Waals surface area contributed by atoms with Crippen LogP contribution in [0.4, 0.5) is 5.69 Å². The van der Waals surface area contributed by atoms with Crippen LogP contribution in [0.25, 0.3) is 0 Å². The summed E-state index contributed by atoms with van der Waals surface area (Å²) in [5.41, 5.74) is 1.44. The molecule has 0 aromatic heterocycles. The lowest BCUT2D eigenvalue weighted by Crippen LogP contribution is -2.28. The molecule has 6 heteroatoms. The van der Waals surface area contributed by atoms with Gasteiger partial charge in [0.2, 0.25) is 0 Å². The molecular weight excluding hydrogens is 286 g/mol. The molecule has 0 aliphatic rings. The average Bonchev–Trinajstić information content (AvgIpc) is 2.50. The van der Waals surface area contributed by atoms with Gasteiger partial charge in [0.25, 0.3) is 5.91 Å². The number of thiocarbonyl (C=S) groups is 1. The van der Waals surface area contributed by atoms with Crippen LogP contribution in [-0.2, 0) is 4.74 Å². The third-order valence-electron chi connectivity index (χ3n) is 2.62. The molecule has 3 N–H and O–H groups in total. The van der Waals surface area contributed by atoms with Crippen molar-refractivity contribution in [2.75, 3.05) is 32.1 Å². The smallest absolute Gasteiger partial charge is 0.251 e. The summed E-state index contributed by atoms with van der Waals surface area (Å²) in [6.07, 6.45) is 2.52. The number of anilines is 1. The number of carbonyl (C=O) groups excluding carboxylic acids is 1. The molecule has 0 aliphatic carbocycles. The molecule has 1 amide bonds. The van der Waals surface area contributed by atoms with Crippen LogP contribution in [0, 0.1) is 0 Å². The zero-order valence-corrected chi connectivity index (χ0v) is 13.0. The highest BCUT2D eigenvalue weighted by atomic mass is 32.1. The van der Waals surface area contributed by atoms with Crippen LogP contribution in [0.2, 0.25) is 0 Å². The number of hydrogen-bond acceptors (Lipinski definition) is 3. The van der Waals surface area contributed by atoms with E-state index in [2.05, 4.69) is 22.5 Å². The summed E-state index contributed by atoms with van der Waals surface area (Å²) in [6.45, 7) is 5.45. The lowest BCUT2D eigenvalue weighted by Gasteiger charge is -2.10. The van der Waals surface area contributed by atoms with Gasteiger partial charge in [-0.25, -0.2) is 0 Å². The van der Waals surface area contributed by atoms with E-state index in [1.54, 1.807) is 25.3 Å². The fourth-order valence-corrected chi connectivity index (χ4v) is 1.77. The molecule has 0 saturated carbocycles. The Morgan fingerprint density at radius 2 is 2.05 bits per heavy atom. The van der Waals surface area contributed by atoms with Crippen molar-refractivity contribution in [3.63, 3.8) is 0 Å². The van der Waals surface area contributed by atoms with E-state index in [1.165, 1.54) is 0 Å². The Kier molecular flexibility index (Phi) is 8.08. The minimum absolute atomic E-state index is 0.0926. The maximum atomic E-state index is 11.9. The van der Waals surface area contributed by atoms with Crippen molar-refractivity contribution in [2.45, 2.75) is 6.42 Å². The summed E-state index contributed by atoms with van der Waals surface area (Å²) >= 11 is 5.11. The summed E-state index contributed by atoms with van der Waals surface area (Å²) in [5.74, 6) is -0.0926. The first-order chi connectivity index (χ1) is 10.2. The zero-order chi connectivity index (χ0) is 15.5. The second-order valence-electron chi connectivity index (χ2n) is 4.30. The molecule has 1 rings (SSSR count). The van der Waals surface area contributed by atoms with Crippen molar-refractivity contribution in [3.05, 3.63) is 42.5 Å². The highest BCUT2D eigenvalue weighted by Gasteiger charge is 2.04. The predicted molar refractivity (Wildman–Crippen MR) is 89.7 cm³/mol. The van der Waals surface area contributed by atoms with Gasteiger partial charge in [-0.05, 0) is 42.9 Å². The normalized spacial score (nSPS) is 9.76. The molecule has 0 aliphatic heterocycles. The van der Waals surface area contributed by atoms with Crippen molar-refractivity contribution >= 4 is 28.9 Å². The average molecular weight is 307 g/mol. The van der Waals surface area contributed by atoms with E-state index in [9.17, 15) is 4.79 Å². The van der Waals surface area contributed by atoms with Crippen LogP contribution >= 0.6 is 12.2 Å². The first-order valence-corrected chi connectivity index (χ1v) is 7.11. The molecular formula is C15H21N3O2S. The highest BCUT2D eigenvalue weighted by Crippen LogP contribution is 2.09. The van der Waals surface area contributed by atoms with Gasteiger partial charge in [-0.3, -0.25) is 4.79 Å². The quantitative estimate of drug-likeness (QED) is 0.389. The maximum absolute atomic E-state index is 11.9. The number of ether oxygens (including phenoxy) is 1. The lowest BCUT2D eigenvalue weighted by atomic mass is 10.2. The standard InChI is InChI=1S/C15H21N3O2S/c1-3-9-17-15(21)18-13-7-5-12(6-8-13)14(19)16-10-4-11-20-2/h3,5-8H,1,4,9-11H2,2H3,(H,16,19)(H2,17,18,21). The van der Waals surface area contributed by atoms with E-state index in [1.807, 2.05) is 12.1 Å². The van der Waals surface area contributed by atoms with Crippen molar-refractivity contribution < 1.29 is 9.53 Å². The van der Waals surface area contributed by atoms with Gasteiger partial charge >= 0.3 is 0 Å². The molecule has 0 atom stereocenters. The lowest BCUT2D eigenvalue weighted by molar-refractivity contribution is 0.0948. The Labute approximate surface area is 130 Å². The zero-order valence-electron chi connectivity index (χ0n) is 12.1. The summed E-state index contributed by atoms with van der Waals surface area (Å²) in [6, 6.07) is 7.13. The van der Waals surface area contributed by atoms with E-state index in [0.717, 1.165) is 12.1 Å². The third-order valence-corrected chi connectivity index (χ3v) is 2.87. The molecule has 5 nitrogen and oxygen atoms in total. The summed E-state index contributed by atoms with van der Waals surface area (Å²) in [7, 11) is 1.64. The van der Waals surface area contributed by atoms with Crippen LogP contribution in [0.5, 0.6) is 0 Å². The molecule has 0 spiro atoms. The Balaban J connectivity index is 2.43. The molecule has 21 heavy (non-hydrogen) atoms. The van der Waals surface area contributed by atoms with Gasteiger partial charge in [-0.15, -0.1) is 6.58 Å². The van der Waals surface area contributed by atoms with Crippen LogP contribution in [0.1, 0.15) is 16.8 Å². The fourth-order valence-electron chi connectivity index (χ4n) is 1.57. The number of rotatable bonds is 8. The van der Waals surface area contributed by atoms with E-state index >= 15 is 0 Å². The molecule has 0 saturated heterocycles. The number of benzene rings is 1. The Morgan fingerprint density at radius 1 is 1.33 bits per heavy atom. The monoisotopic (exact) mass is 307 g/mol. The summed E-state index contributed by atoms with van der Waals surface area (Å²) in [4.78, 5) is 11.9. The van der Waals surface area contributed by atoms with E-state index in [-0.39, 0.29) is 5.91 Å². The van der Waals surface area contributed by atoms with Crippen molar-refractivity contribution in [3.8, 4) is 0 Å². The van der Waals surface area contributed by atoms with Crippen LogP contribution in [0.3, 0.4) is 0 Å². The van der Waals surface area contributed by atoms with Crippen LogP contribution in [0.15, 0.2) is 36.9 Å². The molecule has 0 unspecified atom stereocenters. The van der Waals surface area contributed by atoms with Gasteiger partial charge in [0.05, 0.1) is 0 Å². The predicted octanol–water partition coefficient (Wildman–Crippen LogP) is 1.93. The second-order valence-corrected chi connectivity index (χ2v) is 4.71. The van der Waals surface area contributed by atoms with Gasteiger partial charge in [0.15, 0.2) is 5.11 Å². The molecule has 1 aromatic carbocycles. The number of carbonyl (C=O) groups is 1. The van der Waals surface area contributed by atoms with Gasteiger partial charge in [0, 0.05) is 38.1 Å². The van der Waals surface area contributed by atoms with E-state index in [4.69, 9.17) is 17.0 Å². The van der Waals surface area contributed by atoms with Gasteiger partial charge in [-0.2, -0.15) is 0 Å². The first-order valence-electron chi connectivity index (χ1n) is 6.70. The SMILES string of the molecule is C=CCNC(=S)Nc1ccc(C(=O)NCCCOC)cc1. The number of nitrogens with one attached hydrogen (secondary N) is 3. The topological polar surface area (TPSA) is 62.4 Å². The Hall–Kier alpha value is -1.92. The minimum atomic E-state index is -0.0926. The highest BCUT2D eigenvalue weighted by molar-refractivity contribution is 7.80. The molecule has 0 bridgehead atoms. The number of amides is 1. The van der Waals surface area contributed by atoms with Gasteiger partial charge in [-0.1, -0.05) is 6.08 Å². The third kappa shape index (κ3) is 6.87. The number of methoxy groups -OCH3 is 1. The Morgan fingerprint density at radius 3 is 2.67 bits per heavy atom. The number of hydrogen-bond donors (Lipinski definition) is 3. The minimum Gasteiger partial charge on any atom is -0.385 e. The largest absolute Gasteiger partial charge is 0.385 e. The van der Waals surface area contributed by atoms with Crippen LogP contribution < -0.4 is 16.0 Å². The van der Waals surface area contributed by atoms with Crippen LogP contribution in [-0.4, -0.2) is 37.8 Å². The molecule has 0 radical (unpaired) electrons. The van der Waals surface area contributed by atoms with Crippen molar-refractivity contribution in [1.29, 1.82) is 0 Å². The van der Waals surface area contributed by atoms with Crippen molar-refractivity contribution in [2.24, 2.45) is 0 Å². The van der Waals surface area contributed by atoms with Crippen molar-refractivity contribution in [1.82, 2.24) is 10.6 Å². The van der Waals surface area contributed by atoms with E-state index < -0.39 is 0 Å².